The van der Waals surface area contributed by atoms with Crippen LogP contribution in [0.15, 0.2) is 60.9 Å². The molecule has 0 fully saturated rings. The van der Waals surface area contributed by atoms with E-state index in [1.165, 1.54) is 11.8 Å². The van der Waals surface area contributed by atoms with Crippen LogP contribution in [0.5, 0.6) is 0 Å². The fourth-order valence-corrected chi connectivity index (χ4v) is 2.75. The van der Waals surface area contributed by atoms with Crippen LogP contribution in [0.25, 0.3) is 0 Å². The summed E-state index contributed by atoms with van der Waals surface area (Å²) in [6, 6.07) is 16.0. The van der Waals surface area contributed by atoms with Crippen LogP contribution in [0, 0.1) is 0 Å². The van der Waals surface area contributed by atoms with Crippen molar-refractivity contribution in [3.05, 3.63) is 77.7 Å². The van der Waals surface area contributed by atoms with Gasteiger partial charge in [0.25, 0.3) is 5.91 Å². The van der Waals surface area contributed by atoms with Crippen LogP contribution < -0.4 is 10.6 Å². The molecular formula is C22H24N4O. The lowest BCUT2D eigenvalue weighted by Crippen LogP contribution is -2.15. The van der Waals surface area contributed by atoms with Crippen molar-refractivity contribution in [2.24, 2.45) is 0 Å². The molecule has 1 heterocycles. The second-order valence-corrected chi connectivity index (χ2v) is 6.65. The van der Waals surface area contributed by atoms with Crippen LogP contribution in [0.1, 0.15) is 48.3 Å². The molecule has 1 amide bonds. The van der Waals surface area contributed by atoms with Crippen molar-refractivity contribution < 1.29 is 4.79 Å². The number of para-hydroxylation sites is 1. The summed E-state index contributed by atoms with van der Waals surface area (Å²) in [6.45, 7) is 6.38. The first kappa shape index (κ1) is 18.6. The molecule has 0 saturated carbocycles. The summed E-state index contributed by atoms with van der Waals surface area (Å²) in [7, 11) is 0. The Labute approximate surface area is 159 Å². The highest BCUT2D eigenvalue weighted by Crippen LogP contribution is 2.20. The molecule has 0 spiro atoms. The SMILES string of the molecule is CCc1ccccc1NC(=O)c1cnc(Nc2ccc(C(C)C)cc2)cn1. The Balaban J connectivity index is 1.66. The first-order valence-corrected chi connectivity index (χ1v) is 9.15. The van der Waals surface area contributed by atoms with E-state index in [-0.39, 0.29) is 11.6 Å². The topological polar surface area (TPSA) is 66.9 Å². The summed E-state index contributed by atoms with van der Waals surface area (Å²) < 4.78 is 0. The third-order valence-corrected chi connectivity index (χ3v) is 4.38. The minimum absolute atomic E-state index is 0.267. The molecule has 2 aromatic carbocycles. The second kappa shape index (κ2) is 8.45. The van der Waals surface area contributed by atoms with Crippen LogP contribution in [0.3, 0.4) is 0 Å². The van der Waals surface area contributed by atoms with Crippen LogP contribution in [-0.2, 0) is 6.42 Å². The number of nitrogens with one attached hydrogen (secondary N) is 2. The Hall–Kier alpha value is -3.21. The van der Waals surface area contributed by atoms with Gasteiger partial charge in [0.2, 0.25) is 0 Å². The quantitative estimate of drug-likeness (QED) is 0.637. The van der Waals surface area contributed by atoms with Crippen LogP contribution in [-0.4, -0.2) is 15.9 Å². The van der Waals surface area contributed by atoms with Crippen molar-refractivity contribution in [2.45, 2.75) is 33.1 Å². The van der Waals surface area contributed by atoms with Gasteiger partial charge in [-0.15, -0.1) is 0 Å². The van der Waals surface area contributed by atoms with Gasteiger partial charge in [0.05, 0.1) is 12.4 Å². The van der Waals surface area contributed by atoms with Gasteiger partial charge < -0.3 is 10.6 Å². The first-order chi connectivity index (χ1) is 13.1. The zero-order chi connectivity index (χ0) is 19.2. The van der Waals surface area contributed by atoms with Gasteiger partial charge in [-0.25, -0.2) is 9.97 Å². The van der Waals surface area contributed by atoms with E-state index in [1.54, 1.807) is 6.20 Å². The minimum atomic E-state index is -0.267. The van der Waals surface area contributed by atoms with Crippen LogP contribution in [0.2, 0.25) is 0 Å². The highest BCUT2D eigenvalue weighted by atomic mass is 16.1. The lowest BCUT2D eigenvalue weighted by Gasteiger charge is -2.10. The van der Waals surface area contributed by atoms with E-state index in [0.29, 0.717) is 11.7 Å². The Morgan fingerprint density at radius 3 is 2.37 bits per heavy atom. The number of aryl methyl sites for hydroxylation is 1. The van der Waals surface area contributed by atoms with Crippen molar-refractivity contribution >= 4 is 23.1 Å². The van der Waals surface area contributed by atoms with Crippen molar-refractivity contribution in [1.82, 2.24) is 9.97 Å². The first-order valence-electron chi connectivity index (χ1n) is 9.15. The number of nitrogens with zero attached hydrogens (tertiary/aromatic N) is 2. The molecule has 5 heteroatoms. The lowest BCUT2D eigenvalue weighted by atomic mass is 10.0. The largest absolute Gasteiger partial charge is 0.339 e. The molecule has 0 aliphatic rings. The third kappa shape index (κ3) is 4.70. The highest BCUT2D eigenvalue weighted by molar-refractivity contribution is 6.03. The summed E-state index contributed by atoms with van der Waals surface area (Å²) in [5, 5.41) is 6.10. The molecule has 0 radical (unpaired) electrons. The zero-order valence-electron chi connectivity index (χ0n) is 15.9. The van der Waals surface area contributed by atoms with Gasteiger partial charge in [0.15, 0.2) is 0 Å². The Morgan fingerprint density at radius 1 is 1.00 bits per heavy atom. The standard InChI is InChI=1S/C22H24N4O/c1-4-16-7-5-6-8-19(16)26-22(27)20-13-24-21(14-23-20)25-18-11-9-17(10-12-18)15(2)3/h5-15H,4H2,1-3H3,(H,24,25)(H,26,27). The monoisotopic (exact) mass is 360 g/mol. The molecule has 1 aromatic heterocycles. The number of amides is 1. The average molecular weight is 360 g/mol. The fraction of sp³-hybridized carbons (Fsp3) is 0.227. The molecule has 0 bridgehead atoms. The summed E-state index contributed by atoms with van der Waals surface area (Å²) in [5.41, 5.74) is 4.39. The maximum Gasteiger partial charge on any atom is 0.275 e. The third-order valence-electron chi connectivity index (χ3n) is 4.38. The van der Waals surface area contributed by atoms with Gasteiger partial charge in [0, 0.05) is 11.4 Å². The average Bonchev–Trinajstić information content (AvgIpc) is 2.69. The molecule has 0 aliphatic carbocycles. The number of hydrogen-bond acceptors (Lipinski definition) is 4. The molecule has 3 aromatic rings. The molecular weight excluding hydrogens is 336 g/mol. The van der Waals surface area contributed by atoms with Gasteiger partial charge in [-0.2, -0.15) is 0 Å². The van der Waals surface area contributed by atoms with E-state index in [0.717, 1.165) is 23.4 Å². The Kier molecular flexibility index (Phi) is 5.81. The normalized spacial score (nSPS) is 10.7. The number of rotatable bonds is 6. The number of carbonyl (C=O) groups is 1. The zero-order valence-corrected chi connectivity index (χ0v) is 15.9. The van der Waals surface area contributed by atoms with E-state index < -0.39 is 0 Å². The fourth-order valence-electron chi connectivity index (χ4n) is 2.75. The van der Waals surface area contributed by atoms with Gasteiger partial charge in [-0.1, -0.05) is 51.1 Å². The van der Waals surface area contributed by atoms with Crippen LogP contribution in [0.4, 0.5) is 17.2 Å². The predicted octanol–water partition coefficient (Wildman–Crippen LogP) is 5.16. The maximum absolute atomic E-state index is 12.4. The molecule has 0 unspecified atom stereocenters. The van der Waals surface area contributed by atoms with Crippen molar-refractivity contribution in [3.8, 4) is 0 Å². The van der Waals surface area contributed by atoms with E-state index in [4.69, 9.17) is 0 Å². The summed E-state index contributed by atoms with van der Waals surface area (Å²) in [5.74, 6) is 0.823. The number of carbonyl (C=O) groups excluding carboxylic acids is 1. The Bertz CT molecular complexity index is 902. The molecule has 0 saturated heterocycles. The van der Waals surface area contributed by atoms with E-state index in [9.17, 15) is 4.79 Å². The molecule has 0 atom stereocenters. The van der Waals surface area contributed by atoms with Gasteiger partial charge in [0.1, 0.15) is 11.5 Å². The molecule has 27 heavy (non-hydrogen) atoms. The molecule has 0 aliphatic heterocycles. The predicted molar refractivity (Wildman–Crippen MR) is 110 cm³/mol. The maximum atomic E-state index is 12.4. The van der Waals surface area contributed by atoms with Crippen molar-refractivity contribution in [2.75, 3.05) is 10.6 Å². The summed E-state index contributed by atoms with van der Waals surface area (Å²) in [4.78, 5) is 21.0. The summed E-state index contributed by atoms with van der Waals surface area (Å²) >= 11 is 0. The number of hydrogen-bond donors (Lipinski definition) is 2. The number of aromatic nitrogens is 2. The van der Waals surface area contributed by atoms with Crippen molar-refractivity contribution in [1.29, 1.82) is 0 Å². The molecule has 5 nitrogen and oxygen atoms in total. The van der Waals surface area contributed by atoms with E-state index in [1.807, 2.05) is 36.4 Å². The number of benzene rings is 2. The molecule has 3 rings (SSSR count). The van der Waals surface area contributed by atoms with Gasteiger partial charge in [-0.05, 0) is 41.7 Å². The van der Waals surface area contributed by atoms with E-state index >= 15 is 0 Å². The van der Waals surface area contributed by atoms with Crippen molar-refractivity contribution in [3.63, 3.8) is 0 Å². The summed E-state index contributed by atoms with van der Waals surface area (Å²) in [6.07, 6.45) is 3.90. The van der Waals surface area contributed by atoms with Gasteiger partial charge in [-0.3, -0.25) is 4.79 Å². The Morgan fingerprint density at radius 2 is 1.74 bits per heavy atom. The number of anilines is 3. The smallest absolute Gasteiger partial charge is 0.275 e. The second-order valence-electron chi connectivity index (χ2n) is 6.65. The lowest BCUT2D eigenvalue weighted by molar-refractivity contribution is 0.102. The minimum Gasteiger partial charge on any atom is -0.339 e. The van der Waals surface area contributed by atoms with E-state index in [2.05, 4.69) is 53.5 Å². The van der Waals surface area contributed by atoms with Gasteiger partial charge >= 0.3 is 0 Å². The highest BCUT2D eigenvalue weighted by Gasteiger charge is 2.10. The van der Waals surface area contributed by atoms with Crippen LogP contribution >= 0.6 is 0 Å². The molecule has 138 valence electrons. The molecule has 2 N–H and O–H groups in total.